The van der Waals surface area contributed by atoms with E-state index < -0.39 is 34.6 Å². The van der Waals surface area contributed by atoms with Gasteiger partial charge in [0.1, 0.15) is 46.4 Å². The molecule has 1 aromatic carbocycles. The maximum Gasteiger partial charge on any atom is 0.274 e. The van der Waals surface area contributed by atoms with Crippen molar-refractivity contribution in [1.82, 2.24) is 15.3 Å². The summed E-state index contributed by atoms with van der Waals surface area (Å²) >= 11 is 0. The first-order valence-corrected chi connectivity index (χ1v) is 10.8. The average molecular weight is 456 g/mol. The molecule has 1 saturated heterocycles. The SMILES string of the molecule is O=C(Nc1cnccc1OC1CCCCNCC1)c1ccc(F)c(-c2c(F)cccc2F)n1. The van der Waals surface area contributed by atoms with E-state index in [1.165, 1.54) is 12.3 Å². The first-order valence-electron chi connectivity index (χ1n) is 10.8. The number of benzene rings is 1. The van der Waals surface area contributed by atoms with E-state index in [4.69, 9.17) is 4.74 Å². The fourth-order valence-corrected chi connectivity index (χ4v) is 3.68. The van der Waals surface area contributed by atoms with Crippen LogP contribution < -0.4 is 15.4 Å². The van der Waals surface area contributed by atoms with Crippen molar-refractivity contribution in [3.63, 3.8) is 0 Å². The molecule has 0 spiro atoms. The number of ether oxygens (including phenoxy) is 1. The Morgan fingerprint density at radius 1 is 1.00 bits per heavy atom. The summed E-state index contributed by atoms with van der Waals surface area (Å²) < 4.78 is 48.8. The highest BCUT2D eigenvalue weighted by Gasteiger charge is 2.21. The van der Waals surface area contributed by atoms with Gasteiger partial charge in [0.25, 0.3) is 5.91 Å². The van der Waals surface area contributed by atoms with Crippen molar-refractivity contribution >= 4 is 11.6 Å². The van der Waals surface area contributed by atoms with E-state index in [1.807, 2.05) is 0 Å². The lowest BCUT2D eigenvalue weighted by atomic mass is 10.1. The first-order chi connectivity index (χ1) is 16.0. The highest BCUT2D eigenvalue weighted by molar-refractivity contribution is 6.03. The van der Waals surface area contributed by atoms with Crippen LogP contribution in [-0.4, -0.2) is 35.1 Å². The zero-order valence-corrected chi connectivity index (χ0v) is 17.8. The lowest BCUT2D eigenvalue weighted by Crippen LogP contribution is -2.28. The molecule has 6 nitrogen and oxygen atoms in total. The zero-order chi connectivity index (χ0) is 23.2. The number of nitrogens with one attached hydrogen (secondary N) is 2. The molecule has 2 N–H and O–H groups in total. The van der Waals surface area contributed by atoms with Crippen LogP contribution in [0.2, 0.25) is 0 Å². The van der Waals surface area contributed by atoms with E-state index in [1.54, 1.807) is 12.3 Å². The number of carbonyl (C=O) groups is 1. The smallest absolute Gasteiger partial charge is 0.274 e. The molecule has 0 saturated carbocycles. The second-order valence-corrected chi connectivity index (χ2v) is 7.72. The molecular formula is C24H23F3N4O2. The third-order valence-electron chi connectivity index (χ3n) is 5.37. The molecule has 0 bridgehead atoms. The van der Waals surface area contributed by atoms with Crippen molar-refractivity contribution in [2.75, 3.05) is 18.4 Å². The van der Waals surface area contributed by atoms with Crippen LogP contribution in [-0.2, 0) is 0 Å². The third kappa shape index (κ3) is 5.48. The van der Waals surface area contributed by atoms with Crippen LogP contribution in [0.5, 0.6) is 5.75 Å². The summed E-state index contributed by atoms with van der Waals surface area (Å²) in [5.74, 6) is -3.14. The van der Waals surface area contributed by atoms with Crippen molar-refractivity contribution in [1.29, 1.82) is 0 Å². The molecule has 3 aromatic rings. The number of hydrogen-bond acceptors (Lipinski definition) is 5. The zero-order valence-electron chi connectivity index (χ0n) is 17.8. The fraction of sp³-hybridized carbons (Fsp3) is 0.292. The Kier molecular flexibility index (Phi) is 7.19. The van der Waals surface area contributed by atoms with Crippen molar-refractivity contribution in [2.45, 2.75) is 31.8 Å². The predicted octanol–water partition coefficient (Wildman–Crippen LogP) is 4.72. The summed E-state index contributed by atoms with van der Waals surface area (Å²) in [6.45, 7) is 1.83. The van der Waals surface area contributed by atoms with E-state index in [0.717, 1.165) is 63.0 Å². The minimum absolute atomic E-state index is 0.0181. The number of aromatic nitrogens is 2. The van der Waals surface area contributed by atoms with E-state index in [9.17, 15) is 18.0 Å². The molecule has 9 heteroatoms. The van der Waals surface area contributed by atoms with Gasteiger partial charge in [-0.3, -0.25) is 9.78 Å². The van der Waals surface area contributed by atoms with Crippen molar-refractivity contribution < 1.29 is 22.7 Å². The molecule has 2 aromatic heterocycles. The maximum absolute atomic E-state index is 14.3. The number of rotatable bonds is 5. The highest BCUT2D eigenvalue weighted by atomic mass is 19.1. The Morgan fingerprint density at radius 3 is 2.64 bits per heavy atom. The molecule has 1 atom stereocenters. The van der Waals surface area contributed by atoms with Gasteiger partial charge >= 0.3 is 0 Å². The number of nitrogens with zero attached hydrogens (tertiary/aromatic N) is 2. The molecule has 1 fully saturated rings. The molecule has 1 unspecified atom stereocenters. The molecule has 0 aliphatic carbocycles. The molecule has 0 radical (unpaired) electrons. The summed E-state index contributed by atoms with van der Waals surface area (Å²) in [5, 5.41) is 6.01. The van der Waals surface area contributed by atoms with Crippen LogP contribution in [0.1, 0.15) is 36.2 Å². The number of anilines is 1. The Balaban J connectivity index is 1.56. The number of carbonyl (C=O) groups excluding carboxylic acids is 1. The lowest BCUT2D eigenvalue weighted by molar-refractivity contribution is 0.102. The monoisotopic (exact) mass is 456 g/mol. The van der Waals surface area contributed by atoms with E-state index in [0.29, 0.717) is 11.4 Å². The van der Waals surface area contributed by atoms with Gasteiger partial charge in [-0.1, -0.05) is 6.07 Å². The van der Waals surface area contributed by atoms with Gasteiger partial charge in [0.2, 0.25) is 0 Å². The highest BCUT2D eigenvalue weighted by Crippen LogP contribution is 2.29. The number of amides is 1. The third-order valence-corrected chi connectivity index (χ3v) is 5.37. The number of halogens is 3. The van der Waals surface area contributed by atoms with Gasteiger partial charge in [-0.15, -0.1) is 0 Å². The van der Waals surface area contributed by atoms with Gasteiger partial charge in [-0.05, 0) is 63.0 Å². The molecule has 33 heavy (non-hydrogen) atoms. The van der Waals surface area contributed by atoms with Gasteiger partial charge in [0.15, 0.2) is 0 Å². The quantitative estimate of drug-likeness (QED) is 0.581. The molecule has 4 rings (SSSR count). The van der Waals surface area contributed by atoms with E-state index in [-0.39, 0.29) is 11.8 Å². The molecule has 1 aliphatic heterocycles. The molecular weight excluding hydrogens is 433 g/mol. The van der Waals surface area contributed by atoms with Crippen LogP contribution in [0.15, 0.2) is 48.8 Å². The first kappa shape index (κ1) is 22.7. The maximum atomic E-state index is 14.3. The lowest BCUT2D eigenvalue weighted by Gasteiger charge is -2.23. The number of hydrogen-bond donors (Lipinski definition) is 2. The summed E-state index contributed by atoms with van der Waals surface area (Å²) in [4.78, 5) is 20.8. The van der Waals surface area contributed by atoms with Gasteiger partial charge < -0.3 is 15.4 Å². The second kappa shape index (κ2) is 10.4. The summed E-state index contributed by atoms with van der Waals surface area (Å²) in [5.41, 5.74) is -1.10. The van der Waals surface area contributed by atoms with Gasteiger partial charge in [-0.25, -0.2) is 18.2 Å². The number of pyridine rings is 2. The van der Waals surface area contributed by atoms with Crippen LogP contribution in [0.3, 0.4) is 0 Å². The van der Waals surface area contributed by atoms with Crippen LogP contribution in [0, 0.1) is 17.5 Å². The van der Waals surface area contributed by atoms with Crippen molar-refractivity contribution in [3.05, 3.63) is 71.9 Å². The summed E-state index contributed by atoms with van der Waals surface area (Å²) in [6.07, 6.45) is 6.80. The second-order valence-electron chi connectivity index (χ2n) is 7.72. The Bertz CT molecular complexity index is 1110. The van der Waals surface area contributed by atoms with E-state index in [2.05, 4.69) is 20.6 Å². The minimum atomic E-state index is -0.976. The summed E-state index contributed by atoms with van der Waals surface area (Å²) in [7, 11) is 0. The normalized spacial score (nSPS) is 16.5. The van der Waals surface area contributed by atoms with Crippen molar-refractivity contribution in [2.24, 2.45) is 0 Å². The molecule has 1 aliphatic rings. The van der Waals surface area contributed by atoms with Crippen molar-refractivity contribution in [3.8, 4) is 17.0 Å². The van der Waals surface area contributed by atoms with Crippen LogP contribution >= 0.6 is 0 Å². The van der Waals surface area contributed by atoms with Gasteiger partial charge in [0, 0.05) is 12.3 Å². The standard InChI is InChI=1S/C24H23F3N4O2/c25-16-5-3-6-17(26)22(16)23-18(27)7-8-19(30-23)24(32)31-20-14-29-13-10-21(20)33-15-4-1-2-11-28-12-9-15/h3,5-8,10,13-15,28H,1-2,4,9,11-12H2,(H,31,32). The topological polar surface area (TPSA) is 76.1 Å². The largest absolute Gasteiger partial charge is 0.488 e. The minimum Gasteiger partial charge on any atom is -0.488 e. The fourth-order valence-electron chi connectivity index (χ4n) is 3.68. The summed E-state index contributed by atoms with van der Waals surface area (Å²) in [6, 6.07) is 6.90. The average Bonchev–Trinajstić information content (AvgIpc) is 2.77. The van der Waals surface area contributed by atoms with Crippen LogP contribution in [0.25, 0.3) is 11.3 Å². The molecule has 1 amide bonds. The molecule has 172 valence electrons. The Hall–Kier alpha value is -3.46. The van der Waals surface area contributed by atoms with Gasteiger partial charge in [-0.2, -0.15) is 0 Å². The van der Waals surface area contributed by atoms with Gasteiger partial charge in [0.05, 0.1) is 11.8 Å². The Labute approximate surface area is 189 Å². The van der Waals surface area contributed by atoms with Crippen LogP contribution in [0.4, 0.5) is 18.9 Å². The van der Waals surface area contributed by atoms with E-state index >= 15 is 0 Å². The Morgan fingerprint density at radius 2 is 1.82 bits per heavy atom. The molecule has 3 heterocycles. The predicted molar refractivity (Wildman–Crippen MR) is 117 cm³/mol.